The Kier molecular flexibility index (Phi) is 3.99. The Morgan fingerprint density at radius 3 is 2.79 bits per heavy atom. The molecule has 0 N–H and O–H groups in total. The highest BCUT2D eigenvalue weighted by atomic mass is 16.5. The second-order valence-corrected chi connectivity index (χ2v) is 4.22. The van der Waals surface area contributed by atoms with Gasteiger partial charge in [-0.05, 0) is 29.8 Å². The minimum atomic E-state index is 0.568. The number of ether oxygens (including phenoxy) is 1. The molecule has 0 saturated heterocycles. The molecule has 2 aromatic rings. The Bertz CT molecular complexity index is 587. The number of pyridine rings is 1. The van der Waals surface area contributed by atoms with Crippen molar-refractivity contribution in [2.24, 2.45) is 0 Å². The zero-order valence-electron chi connectivity index (χ0n) is 11.0. The molecule has 0 aliphatic heterocycles. The predicted molar refractivity (Wildman–Crippen MR) is 74.1 cm³/mol. The second-order valence-electron chi connectivity index (χ2n) is 4.22. The largest absolute Gasteiger partial charge is 0.497 e. The Labute approximate surface area is 112 Å². The van der Waals surface area contributed by atoms with E-state index < -0.39 is 0 Å². The number of methoxy groups -OCH3 is 1. The minimum Gasteiger partial charge on any atom is -0.497 e. The summed E-state index contributed by atoms with van der Waals surface area (Å²) in [5, 5.41) is 8.74. The molecule has 4 heteroatoms. The van der Waals surface area contributed by atoms with Gasteiger partial charge in [-0.3, -0.25) is 0 Å². The van der Waals surface area contributed by atoms with E-state index in [1.807, 2.05) is 42.3 Å². The highest BCUT2D eigenvalue weighted by Crippen LogP contribution is 2.17. The van der Waals surface area contributed by atoms with E-state index >= 15 is 0 Å². The highest BCUT2D eigenvalue weighted by Gasteiger charge is 2.04. The second kappa shape index (κ2) is 5.87. The van der Waals surface area contributed by atoms with Crippen molar-refractivity contribution in [1.29, 1.82) is 5.26 Å². The Balaban J connectivity index is 2.11. The van der Waals surface area contributed by atoms with Crippen LogP contribution >= 0.6 is 0 Å². The zero-order chi connectivity index (χ0) is 13.7. The van der Waals surface area contributed by atoms with Crippen LogP contribution in [0.25, 0.3) is 0 Å². The van der Waals surface area contributed by atoms with Gasteiger partial charge in [0.1, 0.15) is 17.6 Å². The van der Waals surface area contributed by atoms with Crippen LogP contribution in [-0.2, 0) is 6.54 Å². The number of benzene rings is 1. The van der Waals surface area contributed by atoms with Crippen molar-refractivity contribution in [3.05, 3.63) is 53.7 Å². The van der Waals surface area contributed by atoms with Gasteiger partial charge < -0.3 is 9.64 Å². The molecule has 0 unspecified atom stereocenters. The molecule has 0 atom stereocenters. The SMILES string of the molecule is COc1cccc(CN(C)c2ccc(C#N)cn2)c1. The molecular formula is C15H15N3O. The van der Waals surface area contributed by atoms with Crippen LogP contribution in [0.2, 0.25) is 0 Å². The summed E-state index contributed by atoms with van der Waals surface area (Å²) in [6.07, 6.45) is 1.58. The molecular weight excluding hydrogens is 238 g/mol. The molecule has 1 aromatic carbocycles. The van der Waals surface area contributed by atoms with Crippen LogP contribution in [0.5, 0.6) is 5.75 Å². The Morgan fingerprint density at radius 1 is 1.32 bits per heavy atom. The maximum Gasteiger partial charge on any atom is 0.128 e. The van der Waals surface area contributed by atoms with E-state index in [-0.39, 0.29) is 0 Å². The molecule has 1 aromatic heterocycles. The lowest BCUT2D eigenvalue weighted by atomic mass is 10.2. The Morgan fingerprint density at radius 2 is 2.16 bits per heavy atom. The van der Waals surface area contributed by atoms with Gasteiger partial charge in [-0.1, -0.05) is 12.1 Å². The van der Waals surface area contributed by atoms with Crippen molar-refractivity contribution in [3.63, 3.8) is 0 Å². The number of aromatic nitrogens is 1. The van der Waals surface area contributed by atoms with E-state index in [0.717, 1.165) is 23.7 Å². The van der Waals surface area contributed by atoms with Gasteiger partial charge in [0.25, 0.3) is 0 Å². The lowest BCUT2D eigenvalue weighted by Gasteiger charge is -2.18. The van der Waals surface area contributed by atoms with Crippen LogP contribution in [0.4, 0.5) is 5.82 Å². The standard InChI is InChI=1S/C15H15N3O/c1-18(15-7-6-13(9-16)10-17-15)11-12-4-3-5-14(8-12)19-2/h3-8,10H,11H2,1-2H3. The lowest BCUT2D eigenvalue weighted by molar-refractivity contribution is 0.414. The molecule has 1 heterocycles. The molecule has 0 bridgehead atoms. The van der Waals surface area contributed by atoms with Crippen molar-refractivity contribution >= 4 is 5.82 Å². The van der Waals surface area contributed by atoms with Crippen LogP contribution in [0, 0.1) is 11.3 Å². The summed E-state index contributed by atoms with van der Waals surface area (Å²) >= 11 is 0. The topological polar surface area (TPSA) is 49.1 Å². The predicted octanol–water partition coefficient (Wildman–Crippen LogP) is 2.60. The number of rotatable bonds is 4. The summed E-state index contributed by atoms with van der Waals surface area (Å²) in [5.41, 5.74) is 1.71. The maximum absolute atomic E-state index is 8.74. The van der Waals surface area contributed by atoms with Crippen molar-refractivity contribution in [1.82, 2.24) is 4.98 Å². The van der Waals surface area contributed by atoms with Crippen LogP contribution < -0.4 is 9.64 Å². The Hall–Kier alpha value is -2.54. The summed E-state index contributed by atoms with van der Waals surface area (Å²) < 4.78 is 5.20. The van der Waals surface area contributed by atoms with Gasteiger partial charge in [-0.25, -0.2) is 4.98 Å². The molecule has 96 valence electrons. The average Bonchev–Trinajstić information content (AvgIpc) is 2.47. The van der Waals surface area contributed by atoms with Crippen LogP contribution in [0.1, 0.15) is 11.1 Å². The number of hydrogen-bond acceptors (Lipinski definition) is 4. The van der Waals surface area contributed by atoms with Crippen molar-refractivity contribution in [2.75, 3.05) is 19.1 Å². The van der Waals surface area contributed by atoms with Gasteiger partial charge >= 0.3 is 0 Å². The third-order valence-corrected chi connectivity index (χ3v) is 2.82. The van der Waals surface area contributed by atoms with Gasteiger partial charge in [0.15, 0.2) is 0 Å². The van der Waals surface area contributed by atoms with E-state index in [1.165, 1.54) is 0 Å². The molecule has 2 rings (SSSR count). The first-order valence-corrected chi connectivity index (χ1v) is 5.93. The summed E-state index contributed by atoms with van der Waals surface area (Å²) in [5.74, 6) is 1.68. The van der Waals surface area contributed by atoms with Crippen molar-refractivity contribution in [3.8, 4) is 11.8 Å². The van der Waals surface area contributed by atoms with Crippen molar-refractivity contribution < 1.29 is 4.74 Å². The number of anilines is 1. The third-order valence-electron chi connectivity index (χ3n) is 2.82. The smallest absolute Gasteiger partial charge is 0.128 e. The van der Waals surface area contributed by atoms with Gasteiger partial charge in [-0.2, -0.15) is 5.26 Å². The highest BCUT2D eigenvalue weighted by molar-refractivity contribution is 5.42. The van der Waals surface area contributed by atoms with Gasteiger partial charge in [0.05, 0.1) is 12.7 Å². The number of nitrogens with zero attached hydrogens (tertiary/aromatic N) is 3. The van der Waals surface area contributed by atoms with E-state index in [0.29, 0.717) is 5.56 Å². The van der Waals surface area contributed by atoms with E-state index in [2.05, 4.69) is 11.1 Å². The number of nitriles is 1. The molecule has 0 aliphatic rings. The molecule has 0 saturated carbocycles. The molecule has 4 nitrogen and oxygen atoms in total. The fourth-order valence-electron chi connectivity index (χ4n) is 1.80. The summed E-state index contributed by atoms with van der Waals surface area (Å²) in [6.45, 7) is 0.732. The summed E-state index contributed by atoms with van der Waals surface area (Å²) in [7, 11) is 3.62. The lowest BCUT2D eigenvalue weighted by Crippen LogP contribution is -2.17. The molecule has 0 radical (unpaired) electrons. The van der Waals surface area contributed by atoms with Crippen LogP contribution in [0.3, 0.4) is 0 Å². The molecule has 0 fully saturated rings. The fraction of sp³-hybridized carbons (Fsp3) is 0.200. The molecule has 19 heavy (non-hydrogen) atoms. The van der Waals surface area contributed by atoms with E-state index in [4.69, 9.17) is 10.00 Å². The average molecular weight is 253 g/mol. The first-order chi connectivity index (χ1) is 9.22. The maximum atomic E-state index is 8.74. The van der Waals surface area contributed by atoms with Gasteiger partial charge in [0, 0.05) is 19.8 Å². The summed E-state index contributed by atoms with van der Waals surface area (Å²) in [4.78, 5) is 6.28. The third kappa shape index (κ3) is 3.23. The summed E-state index contributed by atoms with van der Waals surface area (Å²) in [6, 6.07) is 13.6. The molecule has 0 amide bonds. The molecule has 0 aliphatic carbocycles. The van der Waals surface area contributed by atoms with Crippen LogP contribution in [-0.4, -0.2) is 19.1 Å². The van der Waals surface area contributed by atoms with E-state index in [1.54, 1.807) is 19.4 Å². The van der Waals surface area contributed by atoms with Gasteiger partial charge in [0.2, 0.25) is 0 Å². The molecule has 0 spiro atoms. The minimum absolute atomic E-state index is 0.568. The normalized spacial score (nSPS) is 9.74. The van der Waals surface area contributed by atoms with Crippen LogP contribution in [0.15, 0.2) is 42.6 Å². The fourth-order valence-corrected chi connectivity index (χ4v) is 1.80. The van der Waals surface area contributed by atoms with Crippen molar-refractivity contribution in [2.45, 2.75) is 6.54 Å². The quantitative estimate of drug-likeness (QED) is 0.840. The zero-order valence-corrected chi connectivity index (χ0v) is 11.0. The van der Waals surface area contributed by atoms with E-state index in [9.17, 15) is 0 Å². The first kappa shape index (κ1) is 12.9. The first-order valence-electron chi connectivity index (χ1n) is 5.93. The number of hydrogen-bond donors (Lipinski definition) is 0. The van der Waals surface area contributed by atoms with Gasteiger partial charge in [-0.15, -0.1) is 0 Å². The monoisotopic (exact) mass is 253 g/mol.